The van der Waals surface area contributed by atoms with Crippen LogP contribution < -0.4 is 5.32 Å². The van der Waals surface area contributed by atoms with Gasteiger partial charge in [0.1, 0.15) is 0 Å². The van der Waals surface area contributed by atoms with E-state index < -0.39 is 0 Å². The average molecular weight is 253 g/mol. The fraction of sp³-hybridized carbons (Fsp3) is 0.412. The number of nitrogens with one attached hydrogen (secondary N) is 1. The maximum atomic E-state index is 6.08. The van der Waals surface area contributed by atoms with E-state index in [1.807, 2.05) is 0 Å². The Morgan fingerprint density at radius 3 is 2.63 bits per heavy atom. The van der Waals surface area contributed by atoms with Gasteiger partial charge >= 0.3 is 0 Å². The molecule has 2 heteroatoms. The molecule has 1 heterocycles. The van der Waals surface area contributed by atoms with Gasteiger partial charge in [0.15, 0.2) is 0 Å². The molecule has 1 spiro atoms. The van der Waals surface area contributed by atoms with Crippen molar-refractivity contribution in [2.45, 2.75) is 25.6 Å². The number of ether oxygens (including phenoxy) is 1. The van der Waals surface area contributed by atoms with Crippen LogP contribution in [0.4, 0.5) is 0 Å². The van der Waals surface area contributed by atoms with Crippen molar-refractivity contribution in [3.63, 3.8) is 0 Å². The average Bonchev–Trinajstić information content (AvgIpc) is 2.35. The Morgan fingerprint density at radius 1 is 1.05 bits per heavy atom. The Kier molecular flexibility index (Phi) is 2.61. The minimum Gasteiger partial charge on any atom is -0.373 e. The second-order valence-corrected chi connectivity index (χ2v) is 6.08. The Morgan fingerprint density at radius 2 is 1.84 bits per heavy atom. The van der Waals surface area contributed by atoms with Crippen LogP contribution in [-0.2, 0) is 11.3 Å². The van der Waals surface area contributed by atoms with Gasteiger partial charge in [-0.3, -0.25) is 0 Å². The molecular weight excluding hydrogens is 234 g/mol. The van der Waals surface area contributed by atoms with E-state index in [-0.39, 0.29) is 0 Å². The Balaban J connectivity index is 1.44. The molecule has 2 nitrogen and oxygen atoms in total. The summed E-state index contributed by atoms with van der Waals surface area (Å²) in [5.74, 6) is 0. The molecular formula is C17H19NO. The molecule has 0 amide bonds. The van der Waals surface area contributed by atoms with E-state index in [1.54, 1.807) is 0 Å². The van der Waals surface area contributed by atoms with E-state index in [2.05, 4.69) is 47.8 Å². The van der Waals surface area contributed by atoms with Gasteiger partial charge in [0.25, 0.3) is 0 Å². The van der Waals surface area contributed by atoms with Crippen molar-refractivity contribution < 1.29 is 4.74 Å². The van der Waals surface area contributed by atoms with Crippen molar-refractivity contribution >= 4 is 10.8 Å². The zero-order valence-electron chi connectivity index (χ0n) is 11.1. The molecule has 0 unspecified atom stereocenters. The summed E-state index contributed by atoms with van der Waals surface area (Å²) < 4.78 is 6.08. The molecule has 2 aliphatic rings. The molecule has 4 rings (SSSR count). The van der Waals surface area contributed by atoms with Crippen LogP contribution in [0.1, 0.15) is 18.4 Å². The SMILES string of the molecule is c1ccc2c(COC3CC4(CNC4)C3)cccc2c1. The van der Waals surface area contributed by atoms with Crippen LogP contribution in [-0.4, -0.2) is 19.2 Å². The van der Waals surface area contributed by atoms with Crippen LogP contribution in [0.25, 0.3) is 10.8 Å². The van der Waals surface area contributed by atoms with Crippen LogP contribution in [0.3, 0.4) is 0 Å². The van der Waals surface area contributed by atoms with Crippen molar-refractivity contribution in [3.8, 4) is 0 Å². The van der Waals surface area contributed by atoms with Gasteiger partial charge in [-0.05, 0) is 29.2 Å². The van der Waals surface area contributed by atoms with Crippen molar-refractivity contribution in [2.75, 3.05) is 13.1 Å². The van der Waals surface area contributed by atoms with E-state index in [0.717, 1.165) is 6.61 Å². The molecule has 0 bridgehead atoms. The van der Waals surface area contributed by atoms with Crippen LogP contribution in [0, 0.1) is 5.41 Å². The summed E-state index contributed by atoms with van der Waals surface area (Å²) in [6.45, 7) is 3.14. The standard InChI is InChI=1S/C17H19NO/c1-2-7-16-13(4-1)5-3-6-14(16)10-19-15-8-17(9-15)11-18-12-17/h1-7,15,18H,8-12H2. The first-order valence-corrected chi connectivity index (χ1v) is 7.14. The van der Waals surface area contributed by atoms with Crippen molar-refractivity contribution in [1.29, 1.82) is 0 Å². The lowest BCUT2D eigenvalue weighted by Gasteiger charge is -2.54. The highest BCUT2D eigenvalue weighted by molar-refractivity contribution is 5.85. The summed E-state index contributed by atoms with van der Waals surface area (Å²) in [6, 6.07) is 15.0. The van der Waals surface area contributed by atoms with Gasteiger partial charge in [-0.1, -0.05) is 42.5 Å². The highest BCUT2D eigenvalue weighted by Gasteiger charge is 2.48. The fourth-order valence-corrected chi connectivity index (χ4v) is 3.42. The first-order chi connectivity index (χ1) is 9.35. The third-order valence-electron chi connectivity index (χ3n) is 4.68. The second-order valence-electron chi connectivity index (χ2n) is 6.08. The number of benzene rings is 2. The lowest BCUT2D eigenvalue weighted by molar-refractivity contribution is -0.109. The normalized spacial score (nSPS) is 21.3. The van der Waals surface area contributed by atoms with Gasteiger partial charge in [-0.2, -0.15) is 0 Å². The molecule has 2 fully saturated rings. The van der Waals surface area contributed by atoms with Crippen molar-refractivity contribution in [3.05, 3.63) is 48.0 Å². The summed E-state index contributed by atoms with van der Waals surface area (Å²) >= 11 is 0. The lowest BCUT2D eigenvalue weighted by Crippen LogP contribution is -2.62. The van der Waals surface area contributed by atoms with E-state index in [0.29, 0.717) is 11.5 Å². The number of rotatable bonds is 3. The van der Waals surface area contributed by atoms with Gasteiger partial charge in [-0.15, -0.1) is 0 Å². The molecule has 1 aliphatic carbocycles. The predicted molar refractivity (Wildman–Crippen MR) is 77.1 cm³/mol. The van der Waals surface area contributed by atoms with Gasteiger partial charge < -0.3 is 10.1 Å². The molecule has 98 valence electrons. The minimum atomic E-state index is 0.473. The molecule has 19 heavy (non-hydrogen) atoms. The minimum absolute atomic E-state index is 0.473. The quantitative estimate of drug-likeness (QED) is 0.907. The predicted octanol–water partition coefficient (Wildman–Crippen LogP) is 3.11. The first kappa shape index (κ1) is 11.4. The van der Waals surface area contributed by atoms with E-state index in [9.17, 15) is 0 Å². The lowest BCUT2D eigenvalue weighted by atomic mass is 9.63. The van der Waals surface area contributed by atoms with Gasteiger partial charge in [0.2, 0.25) is 0 Å². The molecule has 1 saturated carbocycles. The fourth-order valence-electron chi connectivity index (χ4n) is 3.42. The van der Waals surface area contributed by atoms with Gasteiger partial charge in [0, 0.05) is 18.5 Å². The van der Waals surface area contributed by atoms with Crippen LogP contribution in [0.15, 0.2) is 42.5 Å². The molecule has 2 aromatic carbocycles. The summed E-state index contributed by atoms with van der Waals surface area (Å²) in [6.07, 6.45) is 2.95. The molecule has 0 aromatic heterocycles. The topological polar surface area (TPSA) is 21.3 Å². The molecule has 0 atom stereocenters. The maximum absolute atomic E-state index is 6.08. The Bertz CT molecular complexity index is 590. The maximum Gasteiger partial charge on any atom is 0.0726 e. The Hall–Kier alpha value is -1.38. The van der Waals surface area contributed by atoms with Gasteiger partial charge in [0.05, 0.1) is 12.7 Å². The monoisotopic (exact) mass is 253 g/mol. The Labute approximate surface area is 113 Å². The second kappa shape index (κ2) is 4.32. The number of hydrogen-bond acceptors (Lipinski definition) is 2. The summed E-state index contributed by atoms with van der Waals surface area (Å²) in [5.41, 5.74) is 1.91. The summed E-state index contributed by atoms with van der Waals surface area (Å²) in [7, 11) is 0. The first-order valence-electron chi connectivity index (χ1n) is 7.14. The van der Waals surface area contributed by atoms with E-state index in [4.69, 9.17) is 4.74 Å². The number of fused-ring (bicyclic) bond motifs is 1. The summed E-state index contributed by atoms with van der Waals surface area (Å²) in [4.78, 5) is 0. The summed E-state index contributed by atoms with van der Waals surface area (Å²) in [5, 5.41) is 5.99. The van der Waals surface area contributed by atoms with E-state index >= 15 is 0 Å². The molecule has 1 aliphatic heterocycles. The zero-order chi connectivity index (χ0) is 12.7. The molecule has 1 saturated heterocycles. The smallest absolute Gasteiger partial charge is 0.0726 e. The number of hydrogen-bond donors (Lipinski definition) is 1. The third-order valence-corrected chi connectivity index (χ3v) is 4.68. The van der Waals surface area contributed by atoms with Crippen molar-refractivity contribution in [2.24, 2.45) is 5.41 Å². The van der Waals surface area contributed by atoms with Crippen LogP contribution in [0.2, 0.25) is 0 Å². The van der Waals surface area contributed by atoms with Crippen molar-refractivity contribution in [1.82, 2.24) is 5.32 Å². The largest absolute Gasteiger partial charge is 0.373 e. The molecule has 1 N–H and O–H groups in total. The van der Waals surface area contributed by atoms with Crippen LogP contribution in [0.5, 0.6) is 0 Å². The molecule has 0 radical (unpaired) electrons. The zero-order valence-corrected chi connectivity index (χ0v) is 11.1. The van der Waals surface area contributed by atoms with E-state index in [1.165, 1.54) is 42.3 Å². The highest BCUT2D eigenvalue weighted by Crippen LogP contribution is 2.45. The molecule has 2 aromatic rings. The van der Waals surface area contributed by atoms with Crippen LogP contribution >= 0.6 is 0 Å². The highest BCUT2D eigenvalue weighted by atomic mass is 16.5. The van der Waals surface area contributed by atoms with Gasteiger partial charge in [-0.25, -0.2) is 0 Å². The third kappa shape index (κ3) is 1.96.